The summed E-state index contributed by atoms with van der Waals surface area (Å²) < 4.78 is 26.8. The lowest BCUT2D eigenvalue weighted by Gasteiger charge is -2.26. The maximum atomic E-state index is 13.4. The van der Waals surface area contributed by atoms with E-state index in [0.29, 0.717) is 6.54 Å². The van der Waals surface area contributed by atoms with E-state index in [1.807, 2.05) is 0 Å². The first-order chi connectivity index (χ1) is 9.68. The van der Waals surface area contributed by atoms with Gasteiger partial charge < -0.3 is 10.2 Å². The minimum Gasteiger partial charge on any atom is -0.352 e. The third-order valence-electron chi connectivity index (χ3n) is 3.58. The molecule has 5 heteroatoms. The van der Waals surface area contributed by atoms with Crippen molar-refractivity contribution in [1.29, 1.82) is 0 Å². The number of nitrogens with one attached hydrogen (secondary N) is 1. The number of halogens is 2. The maximum Gasteiger partial charge on any atom is 0.257 e. The zero-order valence-electron chi connectivity index (χ0n) is 11.5. The van der Waals surface area contributed by atoms with Crippen molar-refractivity contribution in [2.45, 2.75) is 25.7 Å². The molecule has 110 valence electrons. The predicted molar refractivity (Wildman–Crippen MR) is 73.6 cm³/mol. The Balaban J connectivity index is 1.75. The van der Waals surface area contributed by atoms with Crippen LogP contribution < -0.4 is 5.32 Å². The average molecular weight is 282 g/mol. The molecule has 1 saturated heterocycles. The minimum absolute atomic E-state index is 0.434. The van der Waals surface area contributed by atoms with Crippen molar-refractivity contribution in [2.75, 3.05) is 26.2 Å². The summed E-state index contributed by atoms with van der Waals surface area (Å²) in [6.07, 6.45) is 4.54. The van der Waals surface area contributed by atoms with Crippen LogP contribution >= 0.6 is 0 Å². The second kappa shape index (κ2) is 7.33. The van der Waals surface area contributed by atoms with E-state index in [2.05, 4.69) is 10.2 Å². The highest BCUT2D eigenvalue weighted by molar-refractivity contribution is 5.94. The molecule has 3 nitrogen and oxygen atoms in total. The molecule has 1 aromatic carbocycles. The van der Waals surface area contributed by atoms with Gasteiger partial charge in [0.05, 0.1) is 0 Å². The number of likely N-dealkylation sites (tertiary alicyclic amines) is 1. The van der Waals surface area contributed by atoms with Crippen LogP contribution in [0.4, 0.5) is 8.78 Å². The number of carbonyl (C=O) groups is 1. The normalized spacial score (nSPS) is 16.1. The van der Waals surface area contributed by atoms with E-state index < -0.39 is 23.1 Å². The van der Waals surface area contributed by atoms with Crippen molar-refractivity contribution < 1.29 is 13.6 Å². The van der Waals surface area contributed by atoms with E-state index in [1.165, 1.54) is 25.3 Å². The summed E-state index contributed by atoms with van der Waals surface area (Å²) in [5.74, 6) is -2.32. The lowest BCUT2D eigenvalue weighted by Crippen LogP contribution is -2.33. The van der Waals surface area contributed by atoms with Gasteiger partial charge in [0.25, 0.3) is 5.91 Å². The fourth-order valence-electron chi connectivity index (χ4n) is 2.49. The van der Waals surface area contributed by atoms with Gasteiger partial charge in [-0.05, 0) is 51.0 Å². The van der Waals surface area contributed by atoms with Crippen LogP contribution in [0, 0.1) is 11.6 Å². The van der Waals surface area contributed by atoms with Crippen molar-refractivity contribution >= 4 is 5.91 Å². The fourth-order valence-corrected chi connectivity index (χ4v) is 2.49. The maximum absolute atomic E-state index is 13.4. The first kappa shape index (κ1) is 14.9. The molecule has 1 heterocycles. The van der Waals surface area contributed by atoms with Crippen molar-refractivity contribution in [3.05, 3.63) is 35.4 Å². The molecular formula is C15H20F2N2O. The van der Waals surface area contributed by atoms with Gasteiger partial charge in [0, 0.05) is 6.54 Å². The molecule has 1 N–H and O–H groups in total. The molecule has 0 saturated carbocycles. The van der Waals surface area contributed by atoms with Crippen LogP contribution in [0.2, 0.25) is 0 Å². The molecule has 1 amide bonds. The minimum atomic E-state index is -0.821. The zero-order valence-corrected chi connectivity index (χ0v) is 11.5. The average Bonchev–Trinajstić information content (AvgIpc) is 2.44. The molecule has 0 unspecified atom stereocenters. The molecule has 2 rings (SSSR count). The number of hydrogen-bond acceptors (Lipinski definition) is 2. The number of nitrogens with zero attached hydrogens (tertiary/aromatic N) is 1. The number of piperidine rings is 1. The Labute approximate surface area is 118 Å². The Morgan fingerprint density at radius 2 is 1.80 bits per heavy atom. The summed E-state index contributed by atoms with van der Waals surface area (Å²) in [5.41, 5.74) is -0.495. The van der Waals surface area contributed by atoms with E-state index in [0.717, 1.165) is 38.2 Å². The molecule has 0 bridgehead atoms. The van der Waals surface area contributed by atoms with Gasteiger partial charge in [-0.15, -0.1) is 0 Å². The summed E-state index contributed by atoms with van der Waals surface area (Å²) in [6.45, 7) is 3.56. The molecular weight excluding hydrogens is 262 g/mol. The molecule has 1 aromatic rings. The van der Waals surface area contributed by atoms with E-state index in [1.54, 1.807) is 0 Å². The Bertz CT molecular complexity index is 439. The van der Waals surface area contributed by atoms with Crippen LogP contribution in [0.15, 0.2) is 18.2 Å². The lowest BCUT2D eigenvalue weighted by molar-refractivity contribution is 0.0942. The SMILES string of the molecule is O=C(NCCCN1CCCCC1)c1c(F)cccc1F. The quantitative estimate of drug-likeness (QED) is 0.842. The van der Waals surface area contributed by atoms with E-state index in [4.69, 9.17) is 0 Å². The van der Waals surface area contributed by atoms with Crippen LogP contribution in [0.25, 0.3) is 0 Å². The van der Waals surface area contributed by atoms with Gasteiger partial charge >= 0.3 is 0 Å². The van der Waals surface area contributed by atoms with E-state index in [-0.39, 0.29) is 0 Å². The second-order valence-corrected chi connectivity index (χ2v) is 5.11. The third kappa shape index (κ3) is 4.00. The van der Waals surface area contributed by atoms with Crippen molar-refractivity contribution in [3.8, 4) is 0 Å². The summed E-state index contributed by atoms with van der Waals surface area (Å²) in [6, 6.07) is 3.43. The standard InChI is InChI=1S/C15H20F2N2O/c16-12-6-4-7-13(17)14(12)15(20)18-8-5-11-19-9-2-1-3-10-19/h4,6-7H,1-3,5,8-11H2,(H,18,20). The Morgan fingerprint density at radius 1 is 1.15 bits per heavy atom. The van der Waals surface area contributed by atoms with Crippen LogP contribution in [-0.2, 0) is 0 Å². The Hall–Kier alpha value is -1.49. The first-order valence-electron chi connectivity index (χ1n) is 7.13. The van der Waals surface area contributed by atoms with Gasteiger partial charge in [-0.3, -0.25) is 4.79 Å². The molecule has 1 aliphatic rings. The van der Waals surface area contributed by atoms with Crippen LogP contribution in [-0.4, -0.2) is 37.0 Å². The molecule has 1 aliphatic heterocycles. The smallest absolute Gasteiger partial charge is 0.257 e. The summed E-state index contributed by atoms with van der Waals surface area (Å²) in [4.78, 5) is 14.1. The van der Waals surface area contributed by atoms with Gasteiger partial charge in [0.15, 0.2) is 0 Å². The number of rotatable bonds is 5. The Kier molecular flexibility index (Phi) is 5.47. The second-order valence-electron chi connectivity index (χ2n) is 5.11. The zero-order chi connectivity index (χ0) is 14.4. The third-order valence-corrected chi connectivity index (χ3v) is 3.58. The number of carbonyl (C=O) groups excluding carboxylic acids is 1. The summed E-state index contributed by atoms with van der Waals surface area (Å²) >= 11 is 0. The molecule has 0 spiro atoms. The van der Waals surface area contributed by atoms with Crippen LogP contribution in [0.3, 0.4) is 0 Å². The number of benzene rings is 1. The molecule has 20 heavy (non-hydrogen) atoms. The largest absolute Gasteiger partial charge is 0.352 e. The highest BCUT2D eigenvalue weighted by Gasteiger charge is 2.16. The predicted octanol–water partition coefficient (Wildman–Crippen LogP) is 2.57. The molecule has 1 fully saturated rings. The van der Waals surface area contributed by atoms with Crippen molar-refractivity contribution in [2.24, 2.45) is 0 Å². The summed E-state index contributed by atoms with van der Waals surface area (Å²) in [7, 11) is 0. The molecule has 0 atom stereocenters. The van der Waals surface area contributed by atoms with Gasteiger partial charge in [0.2, 0.25) is 0 Å². The van der Waals surface area contributed by atoms with Crippen LogP contribution in [0.5, 0.6) is 0 Å². The number of hydrogen-bond donors (Lipinski definition) is 1. The fraction of sp³-hybridized carbons (Fsp3) is 0.533. The first-order valence-corrected chi connectivity index (χ1v) is 7.13. The summed E-state index contributed by atoms with van der Waals surface area (Å²) in [5, 5.41) is 2.57. The highest BCUT2D eigenvalue weighted by Crippen LogP contribution is 2.12. The van der Waals surface area contributed by atoms with Gasteiger partial charge in [-0.2, -0.15) is 0 Å². The van der Waals surface area contributed by atoms with Crippen molar-refractivity contribution in [3.63, 3.8) is 0 Å². The lowest BCUT2D eigenvalue weighted by atomic mass is 10.1. The highest BCUT2D eigenvalue weighted by atomic mass is 19.1. The van der Waals surface area contributed by atoms with E-state index in [9.17, 15) is 13.6 Å². The molecule has 0 aliphatic carbocycles. The van der Waals surface area contributed by atoms with E-state index >= 15 is 0 Å². The van der Waals surface area contributed by atoms with Gasteiger partial charge in [0.1, 0.15) is 17.2 Å². The van der Waals surface area contributed by atoms with Crippen LogP contribution in [0.1, 0.15) is 36.0 Å². The monoisotopic (exact) mass is 282 g/mol. The van der Waals surface area contributed by atoms with Crippen molar-refractivity contribution in [1.82, 2.24) is 10.2 Å². The number of amides is 1. The molecule has 0 radical (unpaired) electrons. The molecule has 0 aromatic heterocycles. The van der Waals surface area contributed by atoms with Gasteiger partial charge in [-0.25, -0.2) is 8.78 Å². The topological polar surface area (TPSA) is 32.3 Å². The van der Waals surface area contributed by atoms with Gasteiger partial charge in [-0.1, -0.05) is 12.5 Å². The Morgan fingerprint density at radius 3 is 2.45 bits per heavy atom.